The van der Waals surface area contributed by atoms with Crippen molar-refractivity contribution in [3.63, 3.8) is 0 Å². The van der Waals surface area contributed by atoms with Gasteiger partial charge in [-0.2, -0.15) is 0 Å². The van der Waals surface area contributed by atoms with Crippen LogP contribution in [0.4, 0.5) is 0 Å². The molecule has 2 nitrogen and oxygen atoms in total. The van der Waals surface area contributed by atoms with Crippen molar-refractivity contribution in [3.05, 3.63) is 51.5 Å². The third kappa shape index (κ3) is 2.72. The van der Waals surface area contributed by atoms with E-state index in [-0.39, 0.29) is 0 Å². The normalized spacial score (nSPS) is 19.4. The third-order valence-electron chi connectivity index (χ3n) is 3.92. The molecule has 1 aliphatic rings. The van der Waals surface area contributed by atoms with E-state index in [2.05, 4.69) is 47.7 Å². The lowest BCUT2D eigenvalue weighted by molar-refractivity contribution is 0.503. The number of benzene rings is 1. The van der Waals surface area contributed by atoms with Crippen molar-refractivity contribution in [2.45, 2.75) is 38.6 Å². The summed E-state index contributed by atoms with van der Waals surface area (Å²) in [6.45, 7) is 5.43. The van der Waals surface area contributed by atoms with Crippen molar-refractivity contribution < 1.29 is 0 Å². The molecule has 0 amide bonds. The Morgan fingerprint density at radius 1 is 1.47 bits per heavy atom. The summed E-state index contributed by atoms with van der Waals surface area (Å²) in [6, 6.07) is 7.38. The van der Waals surface area contributed by atoms with Gasteiger partial charge in [0.05, 0.1) is 5.01 Å². The highest BCUT2D eigenvalue weighted by Crippen LogP contribution is 2.32. The molecular formula is C16H20N2S. The first kappa shape index (κ1) is 12.8. The maximum atomic E-state index is 4.40. The molecule has 2 aromatic rings. The Morgan fingerprint density at radius 3 is 3.16 bits per heavy atom. The molecule has 1 aliphatic carbocycles. The van der Waals surface area contributed by atoms with Crippen LogP contribution in [0.15, 0.2) is 29.8 Å². The van der Waals surface area contributed by atoms with Crippen molar-refractivity contribution in [2.24, 2.45) is 0 Å². The molecule has 1 N–H and O–H groups in total. The van der Waals surface area contributed by atoms with Crippen molar-refractivity contribution in [2.75, 3.05) is 6.54 Å². The van der Waals surface area contributed by atoms with E-state index in [1.54, 1.807) is 11.3 Å². The van der Waals surface area contributed by atoms with Crippen LogP contribution in [0.25, 0.3) is 0 Å². The zero-order chi connectivity index (χ0) is 13.2. The number of aromatic nitrogens is 1. The summed E-state index contributed by atoms with van der Waals surface area (Å²) >= 11 is 1.75. The van der Waals surface area contributed by atoms with Gasteiger partial charge in [0.25, 0.3) is 0 Å². The quantitative estimate of drug-likeness (QED) is 0.915. The van der Waals surface area contributed by atoms with E-state index in [1.807, 2.05) is 6.20 Å². The van der Waals surface area contributed by atoms with Gasteiger partial charge in [-0.25, -0.2) is 4.98 Å². The third-order valence-corrected chi connectivity index (χ3v) is 4.93. The number of fused-ring (bicyclic) bond motifs is 1. The highest BCUT2D eigenvalue weighted by Gasteiger charge is 2.22. The zero-order valence-electron chi connectivity index (χ0n) is 11.5. The predicted octanol–water partition coefficient (Wildman–Crippen LogP) is 3.83. The first-order chi connectivity index (χ1) is 9.24. The van der Waals surface area contributed by atoms with Crippen LogP contribution >= 0.6 is 11.3 Å². The molecule has 0 saturated carbocycles. The van der Waals surface area contributed by atoms with Gasteiger partial charge in [-0.1, -0.05) is 30.7 Å². The van der Waals surface area contributed by atoms with Gasteiger partial charge in [-0.05, 0) is 30.9 Å². The van der Waals surface area contributed by atoms with Crippen LogP contribution in [0.2, 0.25) is 0 Å². The summed E-state index contributed by atoms with van der Waals surface area (Å²) in [4.78, 5) is 4.40. The number of thiazole rings is 1. The minimum Gasteiger partial charge on any atom is -0.309 e. The van der Waals surface area contributed by atoms with E-state index in [0.29, 0.717) is 12.0 Å². The molecule has 0 saturated heterocycles. The Balaban J connectivity index is 1.65. The summed E-state index contributed by atoms with van der Waals surface area (Å²) in [5, 5.41) is 7.01. The molecule has 19 heavy (non-hydrogen) atoms. The number of hydrogen-bond donors (Lipinski definition) is 1. The second-order valence-corrected chi connectivity index (χ2v) is 6.40. The van der Waals surface area contributed by atoms with Gasteiger partial charge in [0, 0.05) is 30.1 Å². The van der Waals surface area contributed by atoms with Crippen molar-refractivity contribution in [1.82, 2.24) is 10.3 Å². The molecule has 3 heteroatoms. The Morgan fingerprint density at radius 2 is 2.37 bits per heavy atom. The molecule has 0 bridgehead atoms. The second-order valence-electron chi connectivity index (χ2n) is 5.47. The average molecular weight is 272 g/mol. The number of hydrogen-bond acceptors (Lipinski definition) is 3. The van der Waals surface area contributed by atoms with E-state index < -0.39 is 0 Å². The van der Waals surface area contributed by atoms with Gasteiger partial charge < -0.3 is 5.32 Å². The van der Waals surface area contributed by atoms with E-state index in [0.717, 1.165) is 6.54 Å². The minimum absolute atomic E-state index is 0.494. The minimum atomic E-state index is 0.494. The second kappa shape index (κ2) is 5.43. The molecule has 2 unspecified atom stereocenters. The van der Waals surface area contributed by atoms with Crippen LogP contribution in [0, 0.1) is 6.92 Å². The van der Waals surface area contributed by atoms with Crippen LogP contribution in [0.3, 0.4) is 0 Å². The highest BCUT2D eigenvalue weighted by atomic mass is 32.1. The lowest BCUT2D eigenvalue weighted by Crippen LogP contribution is -2.24. The van der Waals surface area contributed by atoms with Gasteiger partial charge in [0.1, 0.15) is 0 Å². The largest absolute Gasteiger partial charge is 0.309 e. The molecule has 1 aromatic carbocycles. The average Bonchev–Trinajstić information content (AvgIpc) is 3.05. The SMILES string of the molecule is Cc1ccc2c(c1)C(NCC(C)c1nccs1)CC2. The summed E-state index contributed by atoms with van der Waals surface area (Å²) in [5.41, 5.74) is 4.39. The highest BCUT2D eigenvalue weighted by molar-refractivity contribution is 7.09. The maximum absolute atomic E-state index is 4.40. The molecule has 0 aliphatic heterocycles. The van der Waals surface area contributed by atoms with Gasteiger partial charge in [0.15, 0.2) is 0 Å². The predicted molar refractivity (Wildman–Crippen MR) is 80.8 cm³/mol. The summed E-state index contributed by atoms with van der Waals surface area (Å²) in [6.07, 6.45) is 4.33. The monoisotopic (exact) mass is 272 g/mol. The van der Waals surface area contributed by atoms with Gasteiger partial charge in [-0.15, -0.1) is 11.3 Å². The van der Waals surface area contributed by atoms with Crippen LogP contribution in [0.5, 0.6) is 0 Å². The zero-order valence-corrected chi connectivity index (χ0v) is 12.3. The summed E-state index contributed by atoms with van der Waals surface area (Å²) < 4.78 is 0. The lowest BCUT2D eigenvalue weighted by Gasteiger charge is -2.17. The first-order valence-corrected chi connectivity index (χ1v) is 7.84. The van der Waals surface area contributed by atoms with Crippen molar-refractivity contribution in [3.8, 4) is 0 Å². The Kier molecular flexibility index (Phi) is 3.67. The fraction of sp³-hybridized carbons (Fsp3) is 0.438. The fourth-order valence-corrected chi connectivity index (χ4v) is 3.52. The van der Waals surface area contributed by atoms with Gasteiger partial charge in [-0.3, -0.25) is 0 Å². The van der Waals surface area contributed by atoms with Crippen LogP contribution in [-0.2, 0) is 6.42 Å². The van der Waals surface area contributed by atoms with E-state index in [1.165, 1.54) is 34.5 Å². The smallest absolute Gasteiger partial charge is 0.0965 e. The van der Waals surface area contributed by atoms with Gasteiger partial charge >= 0.3 is 0 Å². The van der Waals surface area contributed by atoms with E-state index in [4.69, 9.17) is 0 Å². The number of nitrogens with one attached hydrogen (secondary N) is 1. The standard InChI is InChI=1S/C16H20N2S/c1-11-3-4-13-5-6-15(14(13)9-11)18-10-12(2)16-17-7-8-19-16/h3-4,7-9,12,15,18H,5-6,10H2,1-2H3. The van der Waals surface area contributed by atoms with E-state index in [9.17, 15) is 0 Å². The Labute approximate surface area is 118 Å². The van der Waals surface area contributed by atoms with Gasteiger partial charge in [0.2, 0.25) is 0 Å². The van der Waals surface area contributed by atoms with Crippen LogP contribution in [0.1, 0.15) is 47.0 Å². The molecule has 100 valence electrons. The number of nitrogens with zero attached hydrogens (tertiary/aromatic N) is 1. The first-order valence-electron chi connectivity index (χ1n) is 6.96. The summed E-state index contributed by atoms with van der Waals surface area (Å²) in [5.74, 6) is 0.494. The van der Waals surface area contributed by atoms with E-state index >= 15 is 0 Å². The fourth-order valence-electron chi connectivity index (χ4n) is 2.82. The number of rotatable bonds is 4. The lowest BCUT2D eigenvalue weighted by atomic mass is 10.0. The number of aryl methyl sites for hydroxylation is 2. The Hall–Kier alpha value is -1.19. The molecule has 0 radical (unpaired) electrons. The molecule has 1 aromatic heterocycles. The molecular weight excluding hydrogens is 252 g/mol. The molecule has 1 heterocycles. The summed E-state index contributed by atoms with van der Waals surface area (Å²) in [7, 11) is 0. The molecule has 2 atom stereocenters. The molecule has 0 spiro atoms. The van der Waals surface area contributed by atoms with Crippen LogP contribution < -0.4 is 5.32 Å². The molecule has 0 fully saturated rings. The Bertz CT molecular complexity index is 548. The van der Waals surface area contributed by atoms with Crippen molar-refractivity contribution >= 4 is 11.3 Å². The maximum Gasteiger partial charge on any atom is 0.0965 e. The topological polar surface area (TPSA) is 24.9 Å². The molecule has 3 rings (SSSR count). The van der Waals surface area contributed by atoms with Crippen LogP contribution in [-0.4, -0.2) is 11.5 Å². The van der Waals surface area contributed by atoms with Crippen molar-refractivity contribution in [1.29, 1.82) is 0 Å².